The van der Waals surface area contributed by atoms with E-state index < -0.39 is 27.9 Å². The number of sulfone groups is 1. The summed E-state index contributed by atoms with van der Waals surface area (Å²) >= 11 is 0. The number of benzene rings is 1. The molecule has 1 aliphatic rings. The van der Waals surface area contributed by atoms with Gasteiger partial charge in [0.05, 0.1) is 0 Å². The number of hydrogen-bond acceptors (Lipinski definition) is 3. The van der Waals surface area contributed by atoms with Crippen LogP contribution in [0.4, 0.5) is 13.2 Å². The molecule has 3 nitrogen and oxygen atoms in total. The third-order valence-corrected chi connectivity index (χ3v) is 4.94. The van der Waals surface area contributed by atoms with Gasteiger partial charge in [0, 0.05) is 0 Å². The first-order valence-corrected chi connectivity index (χ1v) is 6.87. The predicted molar refractivity (Wildman–Crippen MR) is 58.3 cm³/mol. The molecule has 2 rings (SSSR count). The lowest BCUT2D eigenvalue weighted by Crippen LogP contribution is -2.44. The van der Waals surface area contributed by atoms with Gasteiger partial charge in [0.25, 0.3) is 0 Å². The van der Waals surface area contributed by atoms with Gasteiger partial charge in [-0.25, -0.2) is 8.42 Å². The Morgan fingerprint density at radius 3 is 2.61 bits per heavy atom. The van der Waals surface area contributed by atoms with Crippen molar-refractivity contribution < 1.29 is 26.3 Å². The van der Waals surface area contributed by atoms with Crippen LogP contribution in [0.2, 0.25) is 0 Å². The molecule has 100 valence electrons. The molecule has 0 spiro atoms. The van der Waals surface area contributed by atoms with Crippen molar-refractivity contribution in [3.63, 3.8) is 0 Å². The summed E-state index contributed by atoms with van der Waals surface area (Å²) in [5.41, 5.74) is 0.656. The minimum atomic E-state index is -4.82. The first kappa shape index (κ1) is 13.2. The van der Waals surface area contributed by atoms with Gasteiger partial charge in [-0.05, 0) is 24.1 Å². The summed E-state index contributed by atoms with van der Waals surface area (Å²) in [6.45, 7) is 0.906. The molecular weight excluding hydrogens is 269 g/mol. The zero-order chi connectivity index (χ0) is 13.6. The van der Waals surface area contributed by atoms with Crippen molar-refractivity contribution in [2.75, 3.05) is 6.61 Å². The molecule has 0 radical (unpaired) electrons. The van der Waals surface area contributed by atoms with Crippen molar-refractivity contribution in [2.45, 2.75) is 29.7 Å². The van der Waals surface area contributed by atoms with Gasteiger partial charge in [-0.15, -0.1) is 0 Å². The summed E-state index contributed by atoms with van der Waals surface area (Å²) in [5.74, 6) is -0.00676. The lowest BCUT2D eigenvalue weighted by Gasteiger charge is -2.27. The Labute approximate surface area is 102 Å². The Balaban J connectivity index is 2.57. The molecule has 1 aromatic carbocycles. The van der Waals surface area contributed by atoms with E-state index in [4.69, 9.17) is 4.74 Å². The van der Waals surface area contributed by atoms with Crippen LogP contribution in [0, 0.1) is 0 Å². The Kier molecular flexibility index (Phi) is 3.04. The van der Waals surface area contributed by atoms with Crippen molar-refractivity contribution in [2.24, 2.45) is 0 Å². The summed E-state index contributed by atoms with van der Waals surface area (Å²) in [7, 11) is -4.42. The summed E-state index contributed by atoms with van der Waals surface area (Å²) in [5, 5.41) is -2.48. The SMILES string of the molecule is CCc1ccc2c(c1)S(=O)(=O)[C@@H](C(F)(F)F)CO2. The highest BCUT2D eigenvalue weighted by atomic mass is 32.2. The maximum absolute atomic E-state index is 12.7. The summed E-state index contributed by atoms with van der Waals surface area (Å²) in [6.07, 6.45) is -4.28. The molecule has 0 aliphatic carbocycles. The lowest BCUT2D eigenvalue weighted by atomic mass is 10.2. The topological polar surface area (TPSA) is 43.4 Å². The van der Waals surface area contributed by atoms with Gasteiger partial charge in [0.1, 0.15) is 17.3 Å². The second-order valence-electron chi connectivity index (χ2n) is 4.02. The number of halogens is 3. The summed E-state index contributed by atoms with van der Waals surface area (Å²) in [4.78, 5) is -0.365. The molecule has 0 aromatic heterocycles. The molecule has 1 aliphatic heterocycles. The summed E-state index contributed by atoms with van der Waals surface area (Å²) in [6, 6.07) is 4.29. The van der Waals surface area contributed by atoms with Gasteiger partial charge < -0.3 is 4.74 Å². The van der Waals surface area contributed by atoms with Crippen LogP contribution in [-0.4, -0.2) is 26.5 Å². The predicted octanol–water partition coefficient (Wildman–Crippen LogP) is 2.35. The Morgan fingerprint density at radius 2 is 2.06 bits per heavy atom. The monoisotopic (exact) mass is 280 g/mol. The van der Waals surface area contributed by atoms with Crippen molar-refractivity contribution in [1.82, 2.24) is 0 Å². The van der Waals surface area contributed by atoms with Crippen LogP contribution in [0.25, 0.3) is 0 Å². The molecule has 0 saturated heterocycles. The smallest absolute Gasteiger partial charge is 0.409 e. The van der Waals surface area contributed by atoms with E-state index in [0.717, 1.165) is 0 Å². The van der Waals surface area contributed by atoms with Crippen molar-refractivity contribution in [3.8, 4) is 5.75 Å². The standard InChI is InChI=1S/C11H11F3O3S/c1-2-7-3-4-8-9(5-7)18(15,16)10(6-17-8)11(12,13)14/h3-5,10H,2,6H2,1H3/t10-/m1/s1. The third-order valence-electron chi connectivity index (χ3n) is 2.85. The van der Waals surface area contributed by atoms with Gasteiger partial charge in [0.2, 0.25) is 0 Å². The first-order chi connectivity index (χ1) is 8.26. The van der Waals surface area contributed by atoms with Gasteiger partial charge in [-0.2, -0.15) is 13.2 Å². The van der Waals surface area contributed by atoms with E-state index in [1.165, 1.54) is 12.1 Å². The van der Waals surface area contributed by atoms with E-state index in [0.29, 0.717) is 12.0 Å². The van der Waals surface area contributed by atoms with E-state index in [1.807, 2.05) is 0 Å². The zero-order valence-corrected chi connectivity index (χ0v) is 10.3. The molecule has 1 heterocycles. The van der Waals surface area contributed by atoms with Gasteiger partial charge in [-0.3, -0.25) is 0 Å². The van der Waals surface area contributed by atoms with E-state index in [-0.39, 0.29) is 10.6 Å². The Bertz CT molecular complexity index is 563. The van der Waals surface area contributed by atoms with Crippen LogP contribution >= 0.6 is 0 Å². The molecule has 0 amide bonds. The van der Waals surface area contributed by atoms with E-state index in [1.54, 1.807) is 13.0 Å². The fourth-order valence-electron chi connectivity index (χ4n) is 1.79. The van der Waals surface area contributed by atoms with Gasteiger partial charge in [0.15, 0.2) is 15.1 Å². The van der Waals surface area contributed by atoms with Crippen LogP contribution in [0.5, 0.6) is 5.75 Å². The maximum Gasteiger partial charge on any atom is 0.409 e. The second-order valence-corrected chi connectivity index (χ2v) is 6.12. The highest BCUT2D eigenvalue weighted by Gasteiger charge is 2.52. The highest BCUT2D eigenvalue weighted by molar-refractivity contribution is 7.92. The van der Waals surface area contributed by atoms with Crippen molar-refractivity contribution in [3.05, 3.63) is 23.8 Å². The molecule has 0 bridgehead atoms. The molecule has 1 aromatic rings. The molecule has 0 N–H and O–H groups in total. The number of ether oxygens (including phenoxy) is 1. The molecule has 0 fully saturated rings. The van der Waals surface area contributed by atoms with Crippen molar-refractivity contribution in [1.29, 1.82) is 0 Å². The van der Waals surface area contributed by atoms with Crippen LogP contribution in [0.1, 0.15) is 12.5 Å². The third kappa shape index (κ3) is 2.07. The van der Waals surface area contributed by atoms with Crippen LogP contribution in [0.15, 0.2) is 23.1 Å². The van der Waals surface area contributed by atoms with E-state index in [2.05, 4.69) is 0 Å². The fraction of sp³-hybridized carbons (Fsp3) is 0.455. The normalized spacial score (nSPS) is 22.1. The van der Waals surface area contributed by atoms with Crippen LogP contribution in [-0.2, 0) is 16.3 Å². The van der Waals surface area contributed by atoms with Crippen molar-refractivity contribution >= 4 is 9.84 Å². The molecule has 7 heteroatoms. The molecular formula is C11H11F3O3S. The highest BCUT2D eigenvalue weighted by Crippen LogP contribution is 2.38. The molecule has 1 atom stereocenters. The number of alkyl halides is 3. The van der Waals surface area contributed by atoms with Crippen LogP contribution in [0.3, 0.4) is 0 Å². The molecule has 0 unspecified atom stereocenters. The largest absolute Gasteiger partial charge is 0.490 e. The fourth-order valence-corrected chi connectivity index (χ4v) is 3.42. The van der Waals surface area contributed by atoms with Gasteiger partial charge >= 0.3 is 6.18 Å². The van der Waals surface area contributed by atoms with Crippen LogP contribution < -0.4 is 4.74 Å². The van der Waals surface area contributed by atoms with E-state index in [9.17, 15) is 21.6 Å². The number of rotatable bonds is 1. The number of fused-ring (bicyclic) bond motifs is 1. The molecule has 0 saturated carbocycles. The van der Waals surface area contributed by atoms with E-state index >= 15 is 0 Å². The average molecular weight is 280 g/mol. The molecule has 18 heavy (non-hydrogen) atoms. The number of aryl methyl sites for hydroxylation is 1. The minimum Gasteiger partial charge on any atom is -0.490 e. The minimum absolute atomic E-state index is 0.00676. The Morgan fingerprint density at radius 1 is 1.39 bits per heavy atom. The maximum atomic E-state index is 12.7. The zero-order valence-electron chi connectivity index (χ0n) is 9.49. The van der Waals surface area contributed by atoms with Gasteiger partial charge in [-0.1, -0.05) is 13.0 Å². The Hall–Kier alpha value is -1.24. The lowest BCUT2D eigenvalue weighted by molar-refractivity contribution is -0.136. The quantitative estimate of drug-likeness (QED) is 0.793. The number of hydrogen-bond donors (Lipinski definition) is 0. The summed E-state index contributed by atoms with van der Waals surface area (Å²) < 4.78 is 66.7. The second kappa shape index (κ2) is 4.15. The first-order valence-electron chi connectivity index (χ1n) is 5.33. The average Bonchev–Trinajstić information content (AvgIpc) is 2.26.